The van der Waals surface area contributed by atoms with Gasteiger partial charge in [0.2, 0.25) is 5.91 Å². The van der Waals surface area contributed by atoms with Gasteiger partial charge in [-0.3, -0.25) is 29.5 Å². The second-order valence-electron chi connectivity index (χ2n) is 8.01. The Bertz CT molecular complexity index is 1450. The third-order valence-corrected chi connectivity index (χ3v) is 8.10. The second-order valence-corrected chi connectivity index (χ2v) is 10.6. The van der Waals surface area contributed by atoms with Crippen molar-refractivity contribution in [1.29, 1.82) is 0 Å². The van der Waals surface area contributed by atoms with E-state index in [1.54, 1.807) is 46.7 Å². The van der Waals surface area contributed by atoms with Gasteiger partial charge in [-0.05, 0) is 48.8 Å². The average Bonchev–Trinajstić information content (AvgIpc) is 3.60. The van der Waals surface area contributed by atoms with E-state index in [-0.39, 0.29) is 27.3 Å². The van der Waals surface area contributed by atoms with Crippen LogP contribution in [0.4, 0.5) is 11.4 Å². The number of carbonyl (C=O) groups excluding carboxylic acids is 4. The molecule has 0 radical (unpaired) electrons. The van der Waals surface area contributed by atoms with E-state index in [9.17, 15) is 19.2 Å². The van der Waals surface area contributed by atoms with Crippen LogP contribution < -0.4 is 15.2 Å². The van der Waals surface area contributed by atoms with Gasteiger partial charge < -0.3 is 4.90 Å². The minimum absolute atomic E-state index is 0.110. The number of thiocarbonyl (C=S) groups is 1. The van der Waals surface area contributed by atoms with Gasteiger partial charge in [0.15, 0.2) is 4.32 Å². The highest BCUT2D eigenvalue weighted by Crippen LogP contribution is 2.44. The van der Waals surface area contributed by atoms with Crippen molar-refractivity contribution in [3.05, 3.63) is 87.5 Å². The largest absolute Gasteiger partial charge is 0.311 e. The van der Waals surface area contributed by atoms with Crippen molar-refractivity contribution in [1.82, 2.24) is 10.4 Å². The van der Waals surface area contributed by atoms with Crippen LogP contribution in [0.25, 0.3) is 5.57 Å². The molecule has 0 unspecified atom stereocenters. The molecule has 0 aliphatic carbocycles. The molecule has 5 rings (SSSR count). The van der Waals surface area contributed by atoms with Crippen LogP contribution in [0.15, 0.2) is 77.0 Å². The third kappa shape index (κ3) is 4.57. The van der Waals surface area contributed by atoms with E-state index in [1.807, 2.05) is 37.3 Å². The van der Waals surface area contributed by atoms with Crippen molar-refractivity contribution in [3.8, 4) is 0 Å². The summed E-state index contributed by atoms with van der Waals surface area (Å²) in [6, 6.07) is 19.6. The lowest BCUT2D eigenvalue weighted by Crippen LogP contribution is -2.44. The van der Waals surface area contributed by atoms with Crippen LogP contribution >= 0.6 is 35.3 Å². The van der Waals surface area contributed by atoms with Gasteiger partial charge in [-0.1, -0.05) is 54.2 Å². The number of hydrazine groups is 1. The molecule has 0 bridgehead atoms. The Labute approximate surface area is 226 Å². The zero-order valence-corrected chi connectivity index (χ0v) is 22.0. The van der Waals surface area contributed by atoms with Gasteiger partial charge in [-0.15, -0.1) is 11.3 Å². The SMILES string of the molecule is CCN(C(=O)CN1C(=O)/C(=C2/SC(=S)N(NC(=O)c3cccs3)C2=O)c2ccccc21)c1ccccc1. The Morgan fingerprint density at radius 2 is 1.70 bits per heavy atom. The van der Waals surface area contributed by atoms with E-state index in [0.29, 0.717) is 22.7 Å². The summed E-state index contributed by atoms with van der Waals surface area (Å²) in [5.41, 5.74) is 4.50. The van der Waals surface area contributed by atoms with Crippen LogP contribution in [-0.2, 0) is 14.4 Å². The number of rotatable bonds is 6. The summed E-state index contributed by atoms with van der Waals surface area (Å²) >= 11 is 7.54. The first-order valence-corrected chi connectivity index (χ1v) is 13.4. The number of para-hydroxylation sites is 2. The number of hydrogen-bond acceptors (Lipinski definition) is 7. The first kappa shape index (κ1) is 24.9. The van der Waals surface area contributed by atoms with E-state index < -0.39 is 17.7 Å². The zero-order chi connectivity index (χ0) is 26.1. The second kappa shape index (κ2) is 10.3. The predicted octanol–water partition coefficient (Wildman–Crippen LogP) is 4.06. The number of thiophene rings is 1. The first-order valence-electron chi connectivity index (χ1n) is 11.3. The van der Waals surface area contributed by atoms with Crippen LogP contribution in [0.2, 0.25) is 0 Å². The highest BCUT2D eigenvalue weighted by Gasteiger charge is 2.43. The monoisotopic (exact) mass is 548 g/mol. The van der Waals surface area contributed by atoms with Gasteiger partial charge in [0.1, 0.15) is 6.54 Å². The molecule has 1 aromatic heterocycles. The van der Waals surface area contributed by atoms with Gasteiger partial charge in [-0.2, -0.15) is 5.01 Å². The quantitative estimate of drug-likeness (QED) is 0.369. The molecule has 11 heteroatoms. The number of carbonyl (C=O) groups is 4. The molecule has 1 N–H and O–H groups in total. The molecule has 8 nitrogen and oxygen atoms in total. The molecule has 3 heterocycles. The van der Waals surface area contributed by atoms with Crippen LogP contribution in [0.5, 0.6) is 0 Å². The fourth-order valence-corrected chi connectivity index (χ4v) is 6.03. The van der Waals surface area contributed by atoms with Gasteiger partial charge in [0, 0.05) is 17.8 Å². The smallest absolute Gasteiger partial charge is 0.286 e. The average molecular weight is 549 g/mol. The number of nitrogens with one attached hydrogen (secondary N) is 1. The Balaban J connectivity index is 1.45. The number of likely N-dealkylation sites (N-methyl/N-ethyl adjacent to an activating group) is 1. The van der Waals surface area contributed by atoms with Crippen molar-refractivity contribution in [2.75, 3.05) is 22.9 Å². The van der Waals surface area contributed by atoms with E-state index in [4.69, 9.17) is 12.2 Å². The number of fused-ring (bicyclic) bond motifs is 1. The number of benzene rings is 2. The molecular formula is C26H20N4O4S3. The van der Waals surface area contributed by atoms with Crippen molar-refractivity contribution >= 4 is 80.2 Å². The molecule has 2 aromatic carbocycles. The minimum atomic E-state index is -0.592. The summed E-state index contributed by atoms with van der Waals surface area (Å²) in [7, 11) is 0. The van der Waals surface area contributed by atoms with Gasteiger partial charge in [0.25, 0.3) is 17.7 Å². The maximum atomic E-state index is 13.7. The molecule has 1 fully saturated rings. The van der Waals surface area contributed by atoms with E-state index >= 15 is 0 Å². The Morgan fingerprint density at radius 3 is 2.41 bits per heavy atom. The summed E-state index contributed by atoms with van der Waals surface area (Å²) in [5.74, 6) is -1.79. The molecule has 2 aliphatic rings. The Morgan fingerprint density at radius 1 is 0.973 bits per heavy atom. The number of thioether (sulfide) groups is 1. The van der Waals surface area contributed by atoms with Gasteiger partial charge in [-0.25, -0.2) is 0 Å². The maximum absolute atomic E-state index is 13.7. The lowest BCUT2D eigenvalue weighted by molar-refractivity contribution is -0.124. The molecule has 186 valence electrons. The Hall–Kier alpha value is -3.80. The predicted molar refractivity (Wildman–Crippen MR) is 149 cm³/mol. The van der Waals surface area contributed by atoms with Gasteiger partial charge >= 0.3 is 0 Å². The summed E-state index contributed by atoms with van der Waals surface area (Å²) < 4.78 is 0.110. The number of hydrogen-bond donors (Lipinski definition) is 1. The maximum Gasteiger partial charge on any atom is 0.286 e. The molecule has 0 spiro atoms. The molecule has 0 saturated carbocycles. The van der Waals surface area contributed by atoms with Gasteiger partial charge in [0.05, 0.1) is 21.0 Å². The fourth-order valence-electron chi connectivity index (χ4n) is 4.17. The first-order chi connectivity index (χ1) is 17.9. The summed E-state index contributed by atoms with van der Waals surface area (Å²) in [6.45, 7) is 2.10. The van der Waals surface area contributed by atoms with E-state index in [1.165, 1.54) is 16.2 Å². The highest BCUT2D eigenvalue weighted by atomic mass is 32.2. The zero-order valence-electron chi connectivity index (χ0n) is 19.5. The van der Waals surface area contributed by atoms with Crippen molar-refractivity contribution < 1.29 is 19.2 Å². The van der Waals surface area contributed by atoms with Crippen LogP contribution in [0.1, 0.15) is 22.2 Å². The molecule has 1 saturated heterocycles. The normalized spacial score (nSPS) is 16.8. The number of nitrogens with zero attached hydrogens (tertiary/aromatic N) is 3. The molecule has 0 atom stereocenters. The van der Waals surface area contributed by atoms with Crippen LogP contribution in [0, 0.1) is 0 Å². The van der Waals surface area contributed by atoms with E-state index in [2.05, 4.69) is 5.43 Å². The summed E-state index contributed by atoms with van der Waals surface area (Å²) in [4.78, 5) is 56.4. The Kier molecular flexibility index (Phi) is 6.92. The summed E-state index contributed by atoms with van der Waals surface area (Å²) in [6.07, 6.45) is 0. The molecule has 4 amide bonds. The lowest BCUT2D eigenvalue weighted by Gasteiger charge is -2.24. The van der Waals surface area contributed by atoms with Crippen molar-refractivity contribution in [2.24, 2.45) is 0 Å². The number of amides is 4. The lowest BCUT2D eigenvalue weighted by atomic mass is 10.1. The van der Waals surface area contributed by atoms with Crippen LogP contribution in [-0.4, -0.2) is 46.0 Å². The molecule has 2 aliphatic heterocycles. The molecule has 3 aromatic rings. The fraction of sp³-hybridized carbons (Fsp3) is 0.115. The molecule has 37 heavy (non-hydrogen) atoms. The standard InChI is InChI=1S/C26H20N4O4S3/c1-2-28(16-9-4-3-5-10-16)20(31)15-29-18-12-7-6-11-17(18)21(24(29)33)22-25(34)30(26(35)37-22)27-23(32)19-13-8-14-36-19/h3-14H,2,15H2,1H3,(H,27,32)/b22-21+. The van der Waals surface area contributed by atoms with Crippen molar-refractivity contribution in [3.63, 3.8) is 0 Å². The highest BCUT2D eigenvalue weighted by molar-refractivity contribution is 8.26. The minimum Gasteiger partial charge on any atom is -0.311 e. The number of anilines is 2. The van der Waals surface area contributed by atoms with Crippen LogP contribution in [0.3, 0.4) is 0 Å². The van der Waals surface area contributed by atoms with Crippen molar-refractivity contribution in [2.45, 2.75) is 6.92 Å². The summed E-state index contributed by atoms with van der Waals surface area (Å²) in [5, 5.41) is 2.74. The molecular weight excluding hydrogens is 529 g/mol. The van der Waals surface area contributed by atoms with E-state index in [0.717, 1.165) is 22.5 Å². The third-order valence-electron chi connectivity index (χ3n) is 5.86. The topological polar surface area (TPSA) is 90.0 Å².